The lowest BCUT2D eigenvalue weighted by Crippen LogP contribution is -2.62. The Bertz CT molecular complexity index is 879. The summed E-state index contributed by atoms with van der Waals surface area (Å²) in [6.45, 7) is 1.76. The molecular formula is C22H21ClF2O2. The van der Waals surface area contributed by atoms with E-state index >= 15 is 4.39 Å². The first kappa shape index (κ1) is 17.4. The molecular weight excluding hydrogens is 370 g/mol. The van der Waals surface area contributed by atoms with Gasteiger partial charge in [-0.05, 0) is 49.1 Å². The van der Waals surface area contributed by atoms with E-state index < -0.39 is 11.2 Å². The van der Waals surface area contributed by atoms with Crippen LogP contribution in [-0.4, -0.2) is 19.8 Å². The minimum atomic E-state index is -0.490. The van der Waals surface area contributed by atoms with E-state index in [0.29, 0.717) is 36.8 Å². The third-order valence-corrected chi connectivity index (χ3v) is 7.12. The number of hydrogen-bond donors (Lipinski definition) is 0. The van der Waals surface area contributed by atoms with Crippen LogP contribution in [0.5, 0.6) is 5.75 Å². The van der Waals surface area contributed by atoms with Gasteiger partial charge >= 0.3 is 0 Å². The maximum Gasteiger partial charge on any atom is 0.165 e. The lowest BCUT2D eigenvalue weighted by atomic mass is 9.49. The Labute approximate surface area is 162 Å². The Morgan fingerprint density at radius 1 is 1.00 bits per heavy atom. The molecule has 2 aromatic rings. The van der Waals surface area contributed by atoms with Crippen LogP contribution in [0.3, 0.4) is 0 Å². The Kier molecular flexibility index (Phi) is 3.99. The number of hydrogen-bond acceptors (Lipinski definition) is 2. The largest absolute Gasteiger partial charge is 0.490 e. The summed E-state index contributed by atoms with van der Waals surface area (Å²) in [4.78, 5) is 0. The van der Waals surface area contributed by atoms with Crippen LogP contribution in [0, 0.1) is 23.0 Å². The molecule has 2 aliphatic heterocycles. The number of benzene rings is 2. The predicted molar refractivity (Wildman–Crippen MR) is 99.3 cm³/mol. The van der Waals surface area contributed by atoms with E-state index in [0.717, 1.165) is 30.9 Å². The molecule has 1 saturated carbocycles. The number of rotatable bonds is 2. The molecule has 1 spiro atoms. The highest BCUT2D eigenvalue weighted by Crippen LogP contribution is 2.61. The second-order valence-electron chi connectivity index (χ2n) is 8.27. The monoisotopic (exact) mass is 390 g/mol. The van der Waals surface area contributed by atoms with Crippen LogP contribution < -0.4 is 4.74 Å². The van der Waals surface area contributed by atoms with Gasteiger partial charge in [0.2, 0.25) is 0 Å². The van der Waals surface area contributed by atoms with Crippen LogP contribution in [0.25, 0.3) is 0 Å². The molecule has 0 unspecified atom stereocenters. The van der Waals surface area contributed by atoms with Gasteiger partial charge in [-0.2, -0.15) is 0 Å². The molecule has 0 amide bonds. The van der Waals surface area contributed by atoms with Crippen molar-refractivity contribution in [3.8, 4) is 5.75 Å². The van der Waals surface area contributed by atoms with Gasteiger partial charge in [0, 0.05) is 27.3 Å². The Morgan fingerprint density at radius 2 is 1.74 bits per heavy atom. The average molecular weight is 391 g/mol. The van der Waals surface area contributed by atoms with E-state index in [-0.39, 0.29) is 22.9 Å². The summed E-state index contributed by atoms with van der Waals surface area (Å²) < 4.78 is 41.0. The molecule has 0 aromatic heterocycles. The molecule has 3 aliphatic rings. The SMILES string of the molecule is Fc1ccc(F)c2c1OC[C@H]1C3(CCC[C@@]21Cc1ccc(Cl)cc1)COC3. The number of fused-ring (bicyclic) bond motifs is 4. The summed E-state index contributed by atoms with van der Waals surface area (Å²) >= 11 is 6.05. The second kappa shape index (κ2) is 6.18. The zero-order valence-electron chi connectivity index (χ0n) is 14.9. The summed E-state index contributed by atoms with van der Waals surface area (Å²) in [5.74, 6) is -0.656. The van der Waals surface area contributed by atoms with Gasteiger partial charge in [0.15, 0.2) is 11.6 Å². The smallest absolute Gasteiger partial charge is 0.165 e. The van der Waals surface area contributed by atoms with Gasteiger partial charge in [-0.1, -0.05) is 30.2 Å². The van der Waals surface area contributed by atoms with E-state index in [4.69, 9.17) is 21.1 Å². The lowest BCUT2D eigenvalue weighted by Gasteiger charge is -2.60. The normalized spacial score (nSPS) is 28.0. The Morgan fingerprint density at radius 3 is 2.44 bits per heavy atom. The van der Waals surface area contributed by atoms with Gasteiger partial charge in [-0.3, -0.25) is 0 Å². The summed E-state index contributed by atoms with van der Waals surface area (Å²) in [5.41, 5.74) is 1.01. The highest BCUT2D eigenvalue weighted by Gasteiger charge is 2.61. The molecule has 2 aromatic carbocycles. The van der Waals surface area contributed by atoms with Gasteiger partial charge in [0.25, 0.3) is 0 Å². The lowest BCUT2D eigenvalue weighted by molar-refractivity contribution is -0.194. The van der Waals surface area contributed by atoms with E-state index in [9.17, 15) is 4.39 Å². The molecule has 0 bridgehead atoms. The summed E-state index contributed by atoms with van der Waals surface area (Å²) in [6.07, 6.45) is 3.49. The second-order valence-corrected chi connectivity index (χ2v) is 8.70. The van der Waals surface area contributed by atoms with Gasteiger partial charge in [0.05, 0.1) is 19.8 Å². The summed E-state index contributed by atoms with van der Waals surface area (Å²) in [7, 11) is 0. The van der Waals surface area contributed by atoms with Crippen molar-refractivity contribution < 1.29 is 18.3 Å². The molecule has 27 heavy (non-hydrogen) atoms. The first-order chi connectivity index (χ1) is 13.0. The van der Waals surface area contributed by atoms with Gasteiger partial charge in [-0.25, -0.2) is 8.78 Å². The van der Waals surface area contributed by atoms with Crippen molar-refractivity contribution in [3.05, 3.63) is 64.2 Å². The van der Waals surface area contributed by atoms with Crippen LogP contribution in [0.15, 0.2) is 36.4 Å². The van der Waals surface area contributed by atoms with Crippen molar-refractivity contribution in [3.63, 3.8) is 0 Å². The van der Waals surface area contributed by atoms with Crippen molar-refractivity contribution in [2.75, 3.05) is 19.8 Å². The fourth-order valence-electron chi connectivity index (χ4n) is 5.61. The quantitative estimate of drug-likeness (QED) is 0.692. The summed E-state index contributed by atoms with van der Waals surface area (Å²) in [5, 5.41) is 0.671. The van der Waals surface area contributed by atoms with Crippen molar-refractivity contribution >= 4 is 11.6 Å². The number of ether oxygens (including phenoxy) is 2. The van der Waals surface area contributed by atoms with Crippen LogP contribution >= 0.6 is 11.6 Å². The van der Waals surface area contributed by atoms with Crippen molar-refractivity contribution in [1.82, 2.24) is 0 Å². The van der Waals surface area contributed by atoms with Gasteiger partial charge in [0.1, 0.15) is 5.82 Å². The Hall–Kier alpha value is -1.65. The van der Waals surface area contributed by atoms with Crippen molar-refractivity contribution in [1.29, 1.82) is 0 Å². The van der Waals surface area contributed by atoms with Crippen molar-refractivity contribution in [2.45, 2.75) is 31.1 Å². The zero-order chi connectivity index (χ0) is 18.6. The number of halogens is 3. The van der Waals surface area contributed by atoms with E-state index in [1.54, 1.807) is 0 Å². The molecule has 142 valence electrons. The molecule has 2 heterocycles. The third kappa shape index (κ3) is 2.53. The van der Waals surface area contributed by atoms with E-state index in [1.165, 1.54) is 6.07 Å². The Balaban J connectivity index is 1.69. The van der Waals surface area contributed by atoms with Crippen LogP contribution in [0.4, 0.5) is 8.78 Å². The standard InChI is InChI=1S/C22H21ClF2O2/c23-15-4-2-14(3-5-15)10-22-9-1-8-21(12-26-13-21)18(22)11-27-20-17(25)7-6-16(24)19(20)22/h2-7,18H,1,8-13H2/t18-,22-/m0/s1. The fourth-order valence-corrected chi connectivity index (χ4v) is 5.73. The first-order valence-electron chi connectivity index (χ1n) is 9.48. The van der Waals surface area contributed by atoms with Crippen LogP contribution in [0.1, 0.15) is 30.4 Å². The van der Waals surface area contributed by atoms with Gasteiger partial charge < -0.3 is 9.47 Å². The molecule has 2 fully saturated rings. The van der Waals surface area contributed by atoms with E-state index in [1.807, 2.05) is 24.3 Å². The molecule has 5 rings (SSSR count). The molecule has 5 heteroatoms. The van der Waals surface area contributed by atoms with Crippen molar-refractivity contribution in [2.24, 2.45) is 11.3 Å². The van der Waals surface area contributed by atoms with Crippen LogP contribution in [0.2, 0.25) is 5.02 Å². The zero-order valence-corrected chi connectivity index (χ0v) is 15.7. The summed E-state index contributed by atoms with van der Waals surface area (Å²) in [6, 6.07) is 10.1. The first-order valence-corrected chi connectivity index (χ1v) is 9.85. The molecule has 0 radical (unpaired) electrons. The topological polar surface area (TPSA) is 18.5 Å². The molecule has 0 N–H and O–H groups in total. The average Bonchev–Trinajstić information content (AvgIpc) is 2.64. The fraction of sp³-hybridized carbons (Fsp3) is 0.455. The highest BCUT2D eigenvalue weighted by molar-refractivity contribution is 6.30. The minimum absolute atomic E-state index is 0.00111. The molecule has 2 atom stereocenters. The predicted octanol–water partition coefficient (Wildman–Crippen LogP) is 5.31. The van der Waals surface area contributed by atoms with Gasteiger partial charge in [-0.15, -0.1) is 0 Å². The van der Waals surface area contributed by atoms with Crippen LogP contribution in [-0.2, 0) is 16.6 Å². The molecule has 1 saturated heterocycles. The molecule has 1 aliphatic carbocycles. The third-order valence-electron chi connectivity index (χ3n) is 6.87. The van der Waals surface area contributed by atoms with E-state index in [2.05, 4.69) is 0 Å². The maximum absolute atomic E-state index is 15.1. The highest BCUT2D eigenvalue weighted by atomic mass is 35.5. The maximum atomic E-state index is 15.1. The minimum Gasteiger partial charge on any atom is -0.490 e. The molecule has 2 nitrogen and oxygen atoms in total.